The van der Waals surface area contributed by atoms with Gasteiger partial charge in [-0.3, -0.25) is 0 Å². The molecule has 0 spiro atoms. The molecule has 0 saturated heterocycles. The summed E-state index contributed by atoms with van der Waals surface area (Å²) in [5.41, 5.74) is 3.22. The zero-order chi connectivity index (χ0) is 26.1. The summed E-state index contributed by atoms with van der Waals surface area (Å²) >= 11 is 0. The van der Waals surface area contributed by atoms with Crippen LogP contribution in [0, 0.1) is 25.7 Å². The minimum Gasteiger partial charge on any atom is -0.478 e. The third-order valence-corrected chi connectivity index (χ3v) is 7.27. The molecule has 0 aliphatic heterocycles. The van der Waals surface area contributed by atoms with Crippen LogP contribution in [0.3, 0.4) is 0 Å². The van der Waals surface area contributed by atoms with Gasteiger partial charge in [-0.15, -0.1) is 13.2 Å². The number of aryl methyl sites for hydroxylation is 2. The van der Waals surface area contributed by atoms with E-state index in [1.54, 1.807) is 13.1 Å². The first-order valence-corrected chi connectivity index (χ1v) is 12.2. The van der Waals surface area contributed by atoms with Crippen molar-refractivity contribution in [2.24, 2.45) is 11.8 Å². The number of carbonyl (C=O) groups is 1. The van der Waals surface area contributed by atoms with Gasteiger partial charge in [-0.25, -0.2) is 9.78 Å². The van der Waals surface area contributed by atoms with Gasteiger partial charge in [-0.1, -0.05) is 5.16 Å². The summed E-state index contributed by atoms with van der Waals surface area (Å²) in [5, 5.41) is 14.1. The fourth-order valence-electron chi connectivity index (χ4n) is 5.41. The van der Waals surface area contributed by atoms with E-state index >= 15 is 0 Å². The van der Waals surface area contributed by atoms with E-state index in [2.05, 4.69) is 14.5 Å². The molecule has 1 aromatic carbocycles. The highest BCUT2D eigenvalue weighted by Crippen LogP contribution is 2.54. The van der Waals surface area contributed by atoms with Crippen molar-refractivity contribution in [2.45, 2.75) is 51.9 Å². The monoisotopic (exact) mass is 511 g/mol. The Morgan fingerprint density at radius 3 is 2.41 bits per heavy atom. The van der Waals surface area contributed by atoms with Gasteiger partial charge in [0, 0.05) is 46.1 Å². The topological polar surface area (TPSA) is 90.4 Å². The van der Waals surface area contributed by atoms with Crippen LogP contribution in [-0.4, -0.2) is 32.1 Å². The first kappa shape index (κ1) is 23.6. The zero-order valence-corrected chi connectivity index (χ0v) is 20.2. The molecule has 1 N–H and O–H groups in total. The maximum absolute atomic E-state index is 13.4. The molecule has 2 fully saturated rings. The second kappa shape index (κ2) is 8.36. The minimum absolute atomic E-state index is 0.147. The number of hydrogen-bond acceptors (Lipinski definition) is 5. The van der Waals surface area contributed by atoms with Crippen molar-refractivity contribution in [1.82, 2.24) is 14.7 Å². The van der Waals surface area contributed by atoms with Crippen LogP contribution >= 0.6 is 0 Å². The quantitative estimate of drug-likeness (QED) is 0.289. The Morgan fingerprint density at radius 1 is 1.14 bits per heavy atom. The third-order valence-electron chi connectivity index (χ3n) is 7.27. The molecule has 3 heterocycles. The van der Waals surface area contributed by atoms with Gasteiger partial charge in [0.05, 0.1) is 11.3 Å². The largest absolute Gasteiger partial charge is 0.573 e. The number of aromatic nitrogens is 3. The van der Waals surface area contributed by atoms with Gasteiger partial charge in [-0.2, -0.15) is 0 Å². The molecule has 2 aliphatic carbocycles. The van der Waals surface area contributed by atoms with E-state index in [9.17, 15) is 23.1 Å². The molecule has 0 amide bonds. The fourth-order valence-corrected chi connectivity index (χ4v) is 5.41. The first-order valence-electron chi connectivity index (χ1n) is 12.2. The lowest BCUT2D eigenvalue weighted by Crippen LogP contribution is -2.18. The summed E-state index contributed by atoms with van der Waals surface area (Å²) in [5.74, 6) is -0.268. The molecule has 7 nitrogen and oxygen atoms in total. The molecule has 4 aromatic rings. The van der Waals surface area contributed by atoms with E-state index in [1.165, 1.54) is 12.1 Å². The molecular formula is C27H24F3N3O4. The molecule has 0 radical (unpaired) electrons. The molecule has 3 aromatic heterocycles. The van der Waals surface area contributed by atoms with Crippen LogP contribution in [0.2, 0.25) is 0 Å². The van der Waals surface area contributed by atoms with Crippen molar-refractivity contribution in [3.8, 4) is 28.0 Å². The van der Waals surface area contributed by atoms with Crippen LogP contribution in [0.5, 0.6) is 5.75 Å². The highest BCUT2D eigenvalue weighted by molar-refractivity contribution is 5.99. The van der Waals surface area contributed by atoms with Crippen molar-refractivity contribution in [1.29, 1.82) is 0 Å². The van der Waals surface area contributed by atoms with Gasteiger partial charge in [-0.05, 0) is 75.6 Å². The van der Waals surface area contributed by atoms with Crippen molar-refractivity contribution in [2.75, 3.05) is 0 Å². The van der Waals surface area contributed by atoms with Crippen LogP contribution in [-0.2, 0) is 0 Å². The standard InChI is InChI=1S/C27H24F3N3O4/c1-13-23(14(2)37-32-13)18-9-20-21(19-8-7-17(26(34)35)10-22(19)36-27(28,29)30)12-33(25(20)31-11-18)24(15-3-4-15)16-5-6-16/h7-12,15-16,24H,3-6H2,1-2H3,(H,34,35). The van der Waals surface area contributed by atoms with Crippen LogP contribution in [0.25, 0.3) is 33.3 Å². The maximum Gasteiger partial charge on any atom is 0.573 e. The lowest BCUT2D eigenvalue weighted by Gasteiger charge is -2.19. The zero-order valence-electron chi connectivity index (χ0n) is 20.2. The number of ether oxygens (including phenoxy) is 1. The molecule has 6 rings (SSSR count). The average Bonchev–Trinajstić information content (AvgIpc) is 3.76. The van der Waals surface area contributed by atoms with E-state index in [4.69, 9.17) is 9.51 Å². The summed E-state index contributed by atoms with van der Waals surface area (Å²) in [6, 6.07) is 5.68. The van der Waals surface area contributed by atoms with Crippen molar-refractivity contribution in [3.05, 3.63) is 53.7 Å². The number of pyridine rings is 1. The van der Waals surface area contributed by atoms with Gasteiger partial charge in [0.1, 0.15) is 17.2 Å². The van der Waals surface area contributed by atoms with Crippen LogP contribution in [0.1, 0.15) is 53.5 Å². The van der Waals surface area contributed by atoms with Crippen molar-refractivity contribution >= 4 is 17.0 Å². The second-order valence-electron chi connectivity index (χ2n) is 9.97. The first-order chi connectivity index (χ1) is 17.6. The molecule has 2 saturated carbocycles. The lowest BCUT2D eigenvalue weighted by molar-refractivity contribution is -0.274. The number of aromatic carboxylic acids is 1. The average molecular weight is 512 g/mol. The number of fused-ring (bicyclic) bond motifs is 1. The predicted molar refractivity (Wildman–Crippen MR) is 128 cm³/mol. The number of rotatable bonds is 7. The Bertz CT molecular complexity index is 1500. The number of halogens is 3. The Hall–Kier alpha value is -3.82. The van der Waals surface area contributed by atoms with E-state index < -0.39 is 18.1 Å². The molecule has 37 heavy (non-hydrogen) atoms. The van der Waals surface area contributed by atoms with E-state index in [0.29, 0.717) is 39.9 Å². The van der Waals surface area contributed by atoms with Crippen molar-refractivity contribution in [3.63, 3.8) is 0 Å². The van der Waals surface area contributed by atoms with Crippen LogP contribution in [0.15, 0.2) is 41.2 Å². The van der Waals surface area contributed by atoms with E-state index in [-0.39, 0.29) is 17.2 Å². The van der Waals surface area contributed by atoms with Crippen LogP contribution in [0.4, 0.5) is 13.2 Å². The van der Waals surface area contributed by atoms with Gasteiger partial charge in [0.15, 0.2) is 0 Å². The number of carboxylic acid groups (broad SMARTS) is 1. The van der Waals surface area contributed by atoms with E-state index in [1.807, 2.05) is 19.2 Å². The normalized spacial score (nSPS) is 16.1. The highest BCUT2D eigenvalue weighted by Gasteiger charge is 2.43. The second-order valence-corrected chi connectivity index (χ2v) is 9.97. The summed E-state index contributed by atoms with van der Waals surface area (Å²) in [7, 11) is 0. The summed E-state index contributed by atoms with van der Waals surface area (Å²) in [6.45, 7) is 3.61. The Balaban J connectivity index is 1.60. The molecule has 0 atom stereocenters. The molecule has 2 aliphatic rings. The summed E-state index contributed by atoms with van der Waals surface area (Å²) < 4.78 is 51.9. The molecular weight excluding hydrogens is 487 g/mol. The highest BCUT2D eigenvalue weighted by atomic mass is 19.4. The fraction of sp³-hybridized carbons (Fsp3) is 0.370. The Morgan fingerprint density at radius 2 is 1.84 bits per heavy atom. The number of alkyl halides is 3. The third kappa shape index (κ3) is 4.34. The van der Waals surface area contributed by atoms with Gasteiger partial charge in [0.2, 0.25) is 0 Å². The minimum atomic E-state index is -4.99. The Labute approximate surface area is 209 Å². The number of carboxylic acids is 1. The molecule has 192 valence electrons. The van der Waals surface area contributed by atoms with Gasteiger partial charge < -0.3 is 18.9 Å². The maximum atomic E-state index is 13.4. The number of nitrogens with zero attached hydrogens (tertiary/aromatic N) is 3. The Kier molecular flexibility index (Phi) is 5.32. The summed E-state index contributed by atoms with van der Waals surface area (Å²) in [4.78, 5) is 16.3. The number of hydrogen-bond donors (Lipinski definition) is 1. The van der Waals surface area contributed by atoms with Crippen molar-refractivity contribution < 1.29 is 32.3 Å². The SMILES string of the molecule is Cc1noc(C)c1-c1cnc2c(c1)c(-c1ccc(C(=O)O)cc1OC(F)(F)F)cn2C(C1CC1)C1CC1. The molecule has 0 bridgehead atoms. The van der Waals surface area contributed by atoms with Gasteiger partial charge >= 0.3 is 12.3 Å². The molecule has 0 unspecified atom stereocenters. The predicted octanol–water partition coefficient (Wildman–Crippen LogP) is 6.93. The molecule has 10 heteroatoms. The number of benzene rings is 1. The summed E-state index contributed by atoms with van der Waals surface area (Å²) in [6.07, 6.45) is 3.06. The van der Waals surface area contributed by atoms with E-state index in [0.717, 1.165) is 42.9 Å². The van der Waals surface area contributed by atoms with Gasteiger partial charge in [0.25, 0.3) is 0 Å². The lowest BCUT2D eigenvalue weighted by atomic mass is 10.00. The smallest absolute Gasteiger partial charge is 0.478 e. The van der Waals surface area contributed by atoms with Crippen LogP contribution < -0.4 is 4.74 Å².